The predicted molar refractivity (Wildman–Crippen MR) is 85.4 cm³/mol. The van der Waals surface area contributed by atoms with Crippen molar-refractivity contribution in [3.05, 3.63) is 0 Å². The minimum absolute atomic E-state index is 0.0817. The molecule has 0 amide bonds. The molecule has 0 bridgehead atoms. The van der Waals surface area contributed by atoms with Gasteiger partial charge in [0.05, 0.1) is 0 Å². The summed E-state index contributed by atoms with van der Waals surface area (Å²) in [7, 11) is 0. The molecule has 23 heavy (non-hydrogen) atoms. The molecule has 3 heteroatoms. The molecule has 0 aromatic heterocycles. The molecule has 4 aliphatic carbocycles. The van der Waals surface area contributed by atoms with Crippen LogP contribution in [0, 0.1) is 41.4 Å². The van der Waals surface area contributed by atoms with Crippen LogP contribution >= 0.6 is 0 Å². The van der Waals surface area contributed by atoms with Gasteiger partial charge in [-0.25, -0.2) is 0 Å². The van der Waals surface area contributed by atoms with Crippen LogP contribution in [0.4, 0.5) is 0 Å². The molecule has 1 N–H and O–H groups in total. The summed E-state index contributed by atoms with van der Waals surface area (Å²) < 4.78 is 6.00. The Morgan fingerprint density at radius 3 is 2.65 bits per heavy atom. The first-order valence-corrected chi connectivity index (χ1v) is 9.36. The van der Waals surface area contributed by atoms with Gasteiger partial charge in [0.2, 0.25) is 0 Å². The molecule has 1 aliphatic heterocycles. The van der Waals surface area contributed by atoms with Gasteiger partial charge in [-0.05, 0) is 68.6 Å². The molecule has 3 nitrogen and oxygen atoms in total. The van der Waals surface area contributed by atoms with Gasteiger partial charge in [0, 0.05) is 11.8 Å². The Balaban J connectivity index is 1.47. The second-order valence-electron chi connectivity index (χ2n) is 9.04. The molecule has 5 rings (SSSR count). The van der Waals surface area contributed by atoms with E-state index in [1.165, 1.54) is 0 Å². The Hall–Kier alpha value is -0.850. The average molecular weight is 314 g/mol. The number of hydrogen-bond acceptors (Lipinski definition) is 3. The lowest BCUT2D eigenvalue weighted by Gasteiger charge is -2.55. The van der Waals surface area contributed by atoms with Crippen molar-refractivity contribution >= 4 is 5.78 Å². The van der Waals surface area contributed by atoms with Crippen LogP contribution in [0.2, 0.25) is 0 Å². The van der Waals surface area contributed by atoms with E-state index >= 15 is 0 Å². The molecular formula is C20H26O3. The number of carbonyl (C=O) groups excluding carboxylic acids is 1. The van der Waals surface area contributed by atoms with Gasteiger partial charge in [-0.1, -0.05) is 12.8 Å². The summed E-state index contributed by atoms with van der Waals surface area (Å²) in [5.41, 5.74) is -1.13. The van der Waals surface area contributed by atoms with E-state index in [9.17, 15) is 9.90 Å². The molecule has 2 unspecified atom stereocenters. The molecule has 1 saturated heterocycles. The maximum Gasteiger partial charge on any atom is 0.164 e. The largest absolute Gasteiger partial charge is 0.377 e. The van der Waals surface area contributed by atoms with Crippen LogP contribution in [0.5, 0.6) is 0 Å². The minimum Gasteiger partial charge on any atom is -0.377 e. The van der Waals surface area contributed by atoms with Crippen LogP contribution in [0.1, 0.15) is 58.3 Å². The van der Waals surface area contributed by atoms with Gasteiger partial charge in [-0.2, -0.15) is 0 Å². The van der Waals surface area contributed by atoms with Crippen molar-refractivity contribution in [2.75, 3.05) is 0 Å². The quantitative estimate of drug-likeness (QED) is 0.552. The normalized spacial score (nSPS) is 60.0. The smallest absolute Gasteiger partial charge is 0.164 e. The van der Waals surface area contributed by atoms with Crippen molar-refractivity contribution in [2.45, 2.75) is 75.6 Å². The first-order chi connectivity index (χ1) is 11.0. The third kappa shape index (κ3) is 1.53. The number of Topliss-reactive ketones (excluding diaryl/α,β-unsaturated/α-hetero) is 1. The fourth-order valence-corrected chi connectivity index (χ4v) is 7.31. The Morgan fingerprint density at radius 2 is 1.87 bits per heavy atom. The van der Waals surface area contributed by atoms with E-state index in [2.05, 4.69) is 12.8 Å². The number of ketones is 1. The van der Waals surface area contributed by atoms with Crippen molar-refractivity contribution in [1.29, 1.82) is 0 Å². The van der Waals surface area contributed by atoms with Gasteiger partial charge in [0.1, 0.15) is 17.3 Å². The fraction of sp³-hybridized carbons (Fsp3) is 0.850. The highest BCUT2D eigenvalue weighted by atomic mass is 16.6. The van der Waals surface area contributed by atoms with Crippen molar-refractivity contribution in [1.82, 2.24) is 0 Å². The maximum atomic E-state index is 12.0. The predicted octanol–water partition coefficient (Wildman–Crippen LogP) is 2.70. The zero-order chi connectivity index (χ0) is 16.0. The fourth-order valence-electron chi connectivity index (χ4n) is 7.31. The summed E-state index contributed by atoms with van der Waals surface area (Å²) in [5.74, 6) is 5.50. The highest BCUT2D eigenvalue weighted by molar-refractivity contribution is 5.88. The Morgan fingerprint density at radius 1 is 1.13 bits per heavy atom. The van der Waals surface area contributed by atoms with E-state index in [1.807, 2.05) is 0 Å². The third-order valence-corrected chi connectivity index (χ3v) is 8.61. The van der Waals surface area contributed by atoms with Crippen molar-refractivity contribution < 1.29 is 14.6 Å². The van der Waals surface area contributed by atoms with Crippen LogP contribution < -0.4 is 0 Å². The highest BCUT2D eigenvalue weighted by Crippen LogP contribution is 2.68. The number of epoxide rings is 1. The van der Waals surface area contributed by atoms with Crippen LogP contribution in [0.25, 0.3) is 0 Å². The average Bonchev–Trinajstić information content (AvgIpc) is 3.22. The molecule has 1 heterocycles. The summed E-state index contributed by atoms with van der Waals surface area (Å²) in [5, 5.41) is 11.0. The first-order valence-electron chi connectivity index (χ1n) is 9.36. The minimum atomic E-state index is -0.918. The van der Waals surface area contributed by atoms with Crippen LogP contribution in [-0.2, 0) is 9.53 Å². The summed E-state index contributed by atoms with van der Waals surface area (Å²) in [4.78, 5) is 12.0. The summed E-state index contributed by atoms with van der Waals surface area (Å²) in [6.07, 6.45) is 13.5. The molecule has 5 aliphatic rings. The summed E-state index contributed by atoms with van der Waals surface area (Å²) in [6.45, 7) is 2.23. The summed E-state index contributed by atoms with van der Waals surface area (Å²) >= 11 is 0. The molecule has 0 radical (unpaired) electrons. The standard InChI is InChI=1S/C20H26O3/c1-3-19(22)10-8-14-12-7-11-20-15(4-5-16(21)17(20)23-20)13(12)6-9-18(14,19)2/h1,12-15,17,22H,4-11H2,2H3/t12-,13+,14+,15-,17-,18+,19?,20?/m1/s1. The van der Waals surface area contributed by atoms with E-state index < -0.39 is 5.60 Å². The van der Waals surface area contributed by atoms with Gasteiger partial charge < -0.3 is 9.84 Å². The number of terminal acetylenes is 1. The molecule has 1 spiro atoms. The second kappa shape index (κ2) is 4.21. The first kappa shape index (κ1) is 14.5. The topological polar surface area (TPSA) is 49.8 Å². The molecule has 0 aromatic rings. The van der Waals surface area contributed by atoms with E-state index in [4.69, 9.17) is 11.2 Å². The molecular weight excluding hydrogens is 288 g/mol. The van der Waals surface area contributed by atoms with Gasteiger partial charge in [0.25, 0.3) is 0 Å². The van der Waals surface area contributed by atoms with Crippen LogP contribution in [-0.4, -0.2) is 28.2 Å². The molecule has 0 aromatic carbocycles. The molecule has 4 saturated carbocycles. The SMILES string of the molecule is C#CC1(O)CC[C@H]2[C@@H]3CCC45O[C@@H]4C(=O)CC[C@@H]5[C@H]3CC[C@@]21C. The van der Waals surface area contributed by atoms with Gasteiger partial charge in [-0.15, -0.1) is 6.42 Å². The Bertz CT molecular complexity index is 621. The lowest BCUT2D eigenvalue weighted by molar-refractivity contribution is -0.124. The van der Waals surface area contributed by atoms with Crippen LogP contribution in [0.3, 0.4) is 0 Å². The van der Waals surface area contributed by atoms with Crippen molar-refractivity contribution in [2.24, 2.45) is 29.1 Å². The van der Waals surface area contributed by atoms with E-state index in [-0.39, 0.29) is 17.1 Å². The lowest BCUT2D eigenvalue weighted by Crippen LogP contribution is -2.55. The van der Waals surface area contributed by atoms with Gasteiger partial charge in [0.15, 0.2) is 5.78 Å². The molecule has 5 fully saturated rings. The van der Waals surface area contributed by atoms with Crippen molar-refractivity contribution in [3.8, 4) is 12.3 Å². The highest BCUT2D eigenvalue weighted by Gasteiger charge is 2.72. The molecule has 8 atom stereocenters. The number of hydrogen-bond donors (Lipinski definition) is 1. The monoisotopic (exact) mass is 314 g/mol. The second-order valence-corrected chi connectivity index (χ2v) is 9.04. The number of aliphatic hydroxyl groups is 1. The van der Waals surface area contributed by atoms with Gasteiger partial charge >= 0.3 is 0 Å². The number of fused-ring (bicyclic) bond motifs is 4. The number of carbonyl (C=O) groups is 1. The van der Waals surface area contributed by atoms with E-state index in [1.54, 1.807) is 0 Å². The Labute approximate surface area is 138 Å². The van der Waals surface area contributed by atoms with E-state index in [0.29, 0.717) is 35.9 Å². The van der Waals surface area contributed by atoms with E-state index in [0.717, 1.165) is 44.9 Å². The Kier molecular flexibility index (Phi) is 2.65. The third-order valence-electron chi connectivity index (χ3n) is 8.61. The maximum absolute atomic E-state index is 12.0. The number of rotatable bonds is 0. The molecule has 124 valence electrons. The number of ether oxygens (including phenoxy) is 1. The zero-order valence-electron chi connectivity index (χ0n) is 13.9. The summed E-state index contributed by atoms with van der Waals surface area (Å²) in [6, 6.07) is 0. The lowest BCUT2D eigenvalue weighted by atomic mass is 9.49. The zero-order valence-corrected chi connectivity index (χ0v) is 13.9. The van der Waals surface area contributed by atoms with Crippen LogP contribution in [0.15, 0.2) is 0 Å². The van der Waals surface area contributed by atoms with Gasteiger partial charge in [-0.3, -0.25) is 4.79 Å². The van der Waals surface area contributed by atoms with Crippen molar-refractivity contribution in [3.63, 3.8) is 0 Å².